The predicted molar refractivity (Wildman–Crippen MR) is 149 cm³/mol. The van der Waals surface area contributed by atoms with Gasteiger partial charge < -0.3 is 28.8 Å². The van der Waals surface area contributed by atoms with Gasteiger partial charge in [0.05, 0.1) is 11.7 Å². The lowest BCUT2D eigenvalue weighted by Gasteiger charge is -2.40. The van der Waals surface area contributed by atoms with Crippen LogP contribution in [0.15, 0.2) is 24.3 Å². The standard InChI is InChI=1S/C32H32O12/c1-14(33)40-13-25-32(43-17(4)36)24(42-16(3)35)12-23(44-25)19-10-11-21-28(29(19)37)31(39)20-9-8-18-6-5-7-22(41-15(2)34)26(18)27(20)30(21)38/h8-11,22-25,32,37H,5-7,12-13H2,1-4H3/t22?,23-,24-,25-,32+/m1/s1. The van der Waals surface area contributed by atoms with Crippen LogP contribution in [0, 0.1) is 0 Å². The van der Waals surface area contributed by atoms with Crippen molar-refractivity contribution in [1.29, 1.82) is 0 Å². The SMILES string of the molecule is CC(=O)OC[C@H]1O[C@@H](c2ccc3c(c2O)C(=O)c2ccc4c(c2C3=O)C(OC(C)=O)CCC4)C[C@@H](OC(C)=O)[C@@H]1OC(C)=O. The Morgan fingerprint density at radius 2 is 1.48 bits per heavy atom. The van der Waals surface area contributed by atoms with Gasteiger partial charge in [-0.05, 0) is 37.0 Å². The fourth-order valence-corrected chi connectivity index (χ4v) is 6.31. The van der Waals surface area contributed by atoms with Crippen LogP contribution >= 0.6 is 0 Å². The first kappa shape index (κ1) is 30.9. The fourth-order valence-electron chi connectivity index (χ4n) is 6.31. The van der Waals surface area contributed by atoms with Crippen LogP contribution in [0.25, 0.3) is 0 Å². The molecule has 0 aromatic heterocycles. The molecule has 12 heteroatoms. The molecule has 5 atom stereocenters. The van der Waals surface area contributed by atoms with Crippen LogP contribution in [-0.4, -0.2) is 65.5 Å². The second kappa shape index (κ2) is 12.2. The lowest BCUT2D eigenvalue weighted by molar-refractivity contribution is -0.216. The van der Waals surface area contributed by atoms with Gasteiger partial charge in [-0.2, -0.15) is 0 Å². The Morgan fingerprint density at radius 1 is 0.841 bits per heavy atom. The van der Waals surface area contributed by atoms with Crippen LogP contribution in [0.1, 0.15) is 108 Å². The summed E-state index contributed by atoms with van der Waals surface area (Å²) in [6.45, 7) is 4.47. The predicted octanol–water partition coefficient (Wildman–Crippen LogP) is 3.36. The number of rotatable bonds is 6. The maximum Gasteiger partial charge on any atom is 0.303 e. The minimum Gasteiger partial charge on any atom is -0.507 e. The van der Waals surface area contributed by atoms with E-state index in [9.17, 15) is 33.9 Å². The van der Waals surface area contributed by atoms with Crippen LogP contribution in [0.4, 0.5) is 0 Å². The van der Waals surface area contributed by atoms with Crippen molar-refractivity contribution < 1.29 is 57.6 Å². The second-order valence-electron chi connectivity index (χ2n) is 11.1. The minimum atomic E-state index is -1.13. The molecule has 0 saturated carbocycles. The first-order valence-corrected chi connectivity index (χ1v) is 14.3. The van der Waals surface area contributed by atoms with E-state index >= 15 is 0 Å². The summed E-state index contributed by atoms with van der Waals surface area (Å²) in [6, 6.07) is 6.14. The Morgan fingerprint density at radius 3 is 2.14 bits per heavy atom. The van der Waals surface area contributed by atoms with E-state index in [-0.39, 0.29) is 40.8 Å². The number of hydrogen-bond acceptors (Lipinski definition) is 12. The Hall–Kier alpha value is -4.58. The van der Waals surface area contributed by atoms with E-state index in [1.54, 1.807) is 12.1 Å². The molecule has 0 bridgehead atoms. The van der Waals surface area contributed by atoms with Crippen molar-refractivity contribution in [3.8, 4) is 5.75 Å². The first-order chi connectivity index (χ1) is 20.9. The summed E-state index contributed by atoms with van der Waals surface area (Å²) in [7, 11) is 0. The molecule has 0 spiro atoms. The zero-order valence-electron chi connectivity index (χ0n) is 24.7. The number of fused-ring (bicyclic) bond motifs is 4. The number of benzene rings is 2. The maximum absolute atomic E-state index is 13.9. The topological polar surface area (TPSA) is 169 Å². The Balaban J connectivity index is 1.55. The molecular formula is C32H32O12. The molecular weight excluding hydrogens is 576 g/mol. The van der Waals surface area contributed by atoms with E-state index in [1.165, 1.54) is 39.8 Å². The molecule has 1 heterocycles. The van der Waals surface area contributed by atoms with Gasteiger partial charge in [0.25, 0.3) is 0 Å². The summed E-state index contributed by atoms with van der Waals surface area (Å²) < 4.78 is 27.6. The molecule has 2 aromatic rings. The lowest BCUT2D eigenvalue weighted by Crippen LogP contribution is -2.51. The average molecular weight is 609 g/mol. The molecule has 0 amide bonds. The van der Waals surface area contributed by atoms with Crippen molar-refractivity contribution in [2.24, 2.45) is 0 Å². The summed E-state index contributed by atoms with van der Waals surface area (Å²) in [4.78, 5) is 75.0. The van der Waals surface area contributed by atoms with E-state index in [4.69, 9.17) is 23.7 Å². The number of esters is 4. The molecule has 12 nitrogen and oxygen atoms in total. The van der Waals surface area contributed by atoms with E-state index in [2.05, 4.69) is 0 Å². The summed E-state index contributed by atoms with van der Waals surface area (Å²) >= 11 is 0. The second-order valence-corrected chi connectivity index (χ2v) is 11.1. The number of carbonyl (C=O) groups excluding carboxylic acids is 6. The molecule has 3 aliphatic rings. The molecule has 2 aliphatic carbocycles. The van der Waals surface area contributed by atoms with E-state index in [1.807, 2.05) is 0 Å². The highest BCUT2D eigenvalue weighted by Gasteiger charge is 2.46. The van der Waals surface area contributed by atoms with Crippen LogP contribution in [-0.2, 0) is 49.3 Å². The van der Waals surface area contributed by atoms with Crippen molar-refractivity contribution in [3.63, 3.8) is 0 Å². The molecule has 1 fully saturated rings. The van der Waals surface area contributed by atoms with Gasteiger partial charge in [-0.3, -0.25) is 28.8 Å². The van der Waals surface area contributed by atoms with Gasteiger partial charge in [0, 0.05) is 61.9 Å². The number of phenolic OH excluding ortho intramolecular Hbond substituents is 1. The Bertz CT molecular complexity index is 1570. The normalized spacial score (nSPS) is 23.9. The quantitative estimate of drug-likeness (QED) is 0.320. The highest BCUT2D eigenvalue weighted by Crippen LogP contribution is 2.45. The zero-order chi connectivity index (χ0) is 31.9. The molecule has 5 rings (SSSR count). The third-order valence-corrected chi connectivity index (χ3v) is 7.97. The van der Waals surface area contributed by atoms with Gasteiger partial charge in [-0.15, -0.1) is 0 Å². The van der Waals surface area contributed by atoms with Gasteiger partial charge in [0.1, 0.15) is 30.7 Å². The maximum atomic E-state index is 13.9. The van der Waals surface area contributed by atoms with Gasteiger partial charge in [0.15, 0.2) is 17.7 Å². The number of hydrogen-bond donors (Lipinski definition) is 1. The first-order valence-electron chi connectivity index (χ1n) is 14.3. The number of ketones is 2. The number of aromatic hydroxyl groups is 1. The number of carbonyl (C=O) groups is 6. The molecule has 2 aromatic carbocycles. The lowest BCUT2D eigenvalue weighted by atomic mass is 9.75. The van der Waals surface area contributed by atoms with Crippen molar-refractivity contribution >= 4 is 35.4 Å². The summed E-state index contributed by atoms with van der Waals surface area (Å²) in [6.07, 6.45) is -3.13. The fraction of sp³-hybridized carbons (Fsp3) is 0.438. The Kier molecular flexibility index (Phi) is 8.55. The van der Waals surface area contributed by atoms with Crippen LogP contribution in [0.2, 0.25) is 0 Å². The van der Waals surface area contributed by atoms with E-state index < -0.39 is 71.7 Å². The molecule has 44 heavy (non-hydrogen) atoms. The molecule has 1 unspecified atom stereocenters. The van der Waals surface area contributed by atoms with E-state index in [0.29, 0.717) is 18.4 Å². The summed E-state index contributed by atoms with van der Waals surface area (Å²) in [5.41, 5.74) is 1.46. The van der Waals surface area contributed by atoms with Crippen molar-refractivity contribution in [1.82, 2.24) is 0 Å². The number of aryl methyl sites for hydroxylation is 1. The molecule has 1 aliphatic heterocycles. The third kappa shape index (κ3) is 5.81. The van der Waals surface area contributed by atoms with Gasteiger partial charge >= 0.3 is 23.9 Å². The van der Waals surface area contributed by atoms with Crippen molar-refractivity contribution in [2.75, 3.05) is 6.61 Å². The Labute approximate surface area is 252 Å². The van der Waals surface area contributed by atoms with Gasteiger partial charge in [-0.1, -0.05) is 12.1 Å². The highest BCUT2D eigenvalue weighted by molar-refractivity contribution is 6.30. The third-order valence-electron chi connectivity index (χ3n) is 7.97. The number of phenols is 1. The number of ether oxygens (including phenoxy) is 5. The minimum absolute atomic E-state index is 0.0223. The van der Waals surface area contributed by atoms with Crippen molar-refractivity contribution in [3.05, 3.63) is 63.2 Å². The van der Waals surface area contributed by atoms with Gasteiger partial charge in [0.2, 0.25) is 0 Å². The van der Waals surface area contributed by atoms with Crippen LogP contribution < -0.4 is 0 Å². The molecule has 0 radical (unpaired) electrons. The van der Waals surface area contributed by atoms with Crippen LogP contribution in [0.5, 0.6) is 5.75 Å². The summed E-state index contributed by atoms with van der Waals surface area (Å²) in [5.74, 6) is -4.05. The largest absolute Gasteiger partial charge is 0.507 e. The van der Waals surface area contributed by atoms with Gasteiger partial charge in [-0.25, -0.2) is 0 Å². The monoisotopic (exact) mass is 608 g/mol. The smallest absolute Gasteiger partial charge is 0.303 e. The average Bonchev–Trinajstić information content (AvgIpc) is 2.94. The summed E-state index contributed by atoms with van der Waals surface area (Å²) in [5, 5.41) is 11.5. The van der Waals surface area contributed by atoms with Crippen molar-refractivity contribution in [2.45, 2.75) is 83.9 Å². The molecule has 232 valence electrons. The van der Waals surface area contributed by atoms with E-state index in [0.717, 1.165) is 12.0 Å². The van der Waals surface area contributed by atoms with Crippen LogP contribution in [0.3, 0.4) is 0 Å². The molecule has 1 N–H and O–H groups in total. The highest BCUT2D eigenvalue weighted by atomic mass is 16.6. The zero-order valence-corrected chi connectivity index (χ0v) is 24.7. The molecule has 1 saturated heterocycles.